The molecule has 1 aromatic carbocycles. The van der Waals surface area contributed by atoms with Crippen LogP contribution in [0.15, 0.2) is 40.1 Å². The molecule has 2 N–H and O–H groups in total. The van der Waals surface area contributed by atoms with E-state index in [1.807, 2.05) is 0 Å². The molecule has 0 fully saturated rings. The van der Waals surface area contributed by atoms with Gasteiger partial charge in [0.05, 0.1) is 6.54 Å². The lowest BCUT2D eigenvalue weighted by Gasteiger charge is -2.08. The number of nitrogen functional groups attached to an aromatic ring is 1. The van der Waals surface area contributed by atoms with Crippen molar-refractivity contribution in [3.63, 3.8) is 0 Å². The number of anilines is 1. The van der Waals surface area contributed by atoms with Crippen molar-refractivity contribution in [2.45, 2.75) is 6.54 Å². The first-order valence-electron chi connectivity index (χ1n) is 5.29. The zero-order chi connectivity index (χ0) is 13.3. The Morgan fingerprint density at radius 2 is 1.83 bits per heavy atom. The first-order chi connectivity index (χ1) is 8.49. The zero-order valence-corrected chi connectivity index (χ0v) is 9.76. The average molecular weight is 249 g/mol. The summed E-state index contributed by atoms with van der Waals surface area (Å²) in [6.07, 6.45) is 1.28. The van der Waals surface area contributed by atoms with E-state index >= 15 is 0 Å². The minimum Gasteiger partial charge on any atom is -0.393 e. The lowest BCUT2D eigenvalue weighted by Crippen LogP contribution is -2.39. The van der Waals surface area contributed by atoms with Crippen molar-refractivity contribution >= 4 is 5.69 Å². The van der Waals surface area contributed by atoms with Gasteiger partial charge < -0.3 is 10.3 Å². The van der Waals surface area contributed by atoms with Crippen LogP contribution in [0.2, 0.25) is 0 Å². The number of aryl methyl sites for hydroxylation is 1. The van der Waals surface area contributed by atoms with Gasteiger partial charge in [0.2, 0.25) is 0 Å². The molecule has 1 heterocycles. The summed E-state index contributed by atoms with van der Waals surface area (Å²) < 4.78 is 15.0. The first-order valence-corrected chi connectivity index (χ1v) is 5.29. The number of hydrogen-bond donors (Lipinski definition) is 1. The van der Waals surface area contributed by atoms with Crippen molar-refractivity contribution in [2.24, 2.45) is 7.05 Å². The molecule has 0 radical (unpaired) electrons. The summed E-state index contributed by atoms with van der Waals surface area (Å²) in [4.78, 5) is 23.6. The Bertz CT molecular complexity index is 652. The zero-order valence-electron chi connectivity index (χ0n) is 9.76. The summed E-state index contributed by atoms with van der Waals surface area (Å²) in [6.45, 7) is 0.0663. The van der Waals surface area contributed by atoms with Gasteiger partial charge in [-0.1, -0.05) is 12.1 Å². The minimum absolute atomic E-state index is 0.000730. The molecule has 0 saturated carbocycles. The van der Waals surface area contributed by atoms with Crippen LogP contribution in [0.5, 0.6) is 0 Å². The molecule has 0 aliphatic carbocycles. The van der Waals surface area contributed by atoms with Gasteiger partial charge in [-0.25, -0.2) is 9.18 Å². The van der Waals surface area contributed by atoms with E-state index in [1.165, 1.54) is 42.1 Å². The number of aromatic nitrogens is 2. The highest BCUT2D eigenvalue weighted by Gasteiger charge is 2.07. The molecule has 94 valence electrons. The van der Waals surface area contributed by atoms with Crippen molar-refractivity contribution in [2.75, 3.05) is 5.73 Å². The molecule has 2 rings (SSSR count). The monoisotopic (exact) mass is 249 g/mol. The SMILES string of the molecule is Cn1cc(N)c(=O)n(Cc2ccc(F)cc2)c1=O. The second-order valence-electron chi connectivity index (χ2n) is 4.00. The fraction of sp³-hybridized carbons (Fsp3) is 0.167. The second-order valence-corrected chi connectivity index (χ2v) is 4.00. The van der Waals surface area contributed by atoms with E-state index < -0.39 is 11.2 Å². The van der Waals surface area contributed by atoms with Gasteiger partial charge in [0.25, 0.3) is 5.56 Å². The Morgan fingerprint density at radius 3 is 2.44 bits per heavy atom. The molecule has 18 heavy (non-hydrogen) atoms. The third-order valence-electron chi connectivity index (χ3n) is 2.61. The quantitative estimate of drug-likeness (QED) is 0.833. The summed E-state index contributed by atoms with van der Waals surface area (Å²) in [5.74, 6) is -0.369. The molecule has 0 spiro atoms. The standard InChI is InChI=1S/C12H12FN3O2/c1-15-7-10(14)11(17)16(12(15)18)6-8-2-4-9(13)5-3-8/h2-5,7H,6,14H2,1H3. The van der Waals surface area contributed by atoms with Gasteiger partial charge in [0.15, 0.2) is 0 Å². The highest BCUT2D eigenvalue weighted by Crippen LogP contribution is 2.03. The fourth-order valence-corrected chi connectivity index (χ4v) is 1.66. The summed E-state index contributed by atoms with van der Waals surface area (Å²) in [6, 6.07) is 5.59. The van der Waals surface area contributed by atoms with Crippen molar-refractivity contribution in [3.05, 3.63) is 62.7 Å². The number of nitrogens with two attached hydrogens (primary N) is 1. The van der Waals surface area contributed by atoms with E-state index in [9.17, 15) is 14.0 Å². The van der Waals surface area contributed by atoms with E-state index in [1.54, 1.807) is 0 Å². The Kier molecular flexibility index (Phi) is 3.01. The van der Waals surface area contributed by atoms with Gasteiger partial charge in [-0.05, 0) is 17.7 Å². The molecule has 2 aromatic rings. The molecular formula is C12H12FN3O2. The smallest absolute Gasteiger partial charge is 0.331 e. The molecule has 1 aromatic heterocycles. The first kappa shape index (κ1) is 12.1. The molecule has 0 saturated heterocycles. The fourth-order valence-electron chi connectivity index (χ4n) is 1.66. The van der Waals surface area contributed by atoms with Crippen LogP contribution >= 0.6 is 0 Å². The number of halogens is 1. The van der Waals surface area contributed by atoms with E-state index in [2.05, 4.69) is 0 Å². The van der Waals surface area contributed by atoms with Gasteiger partial charge in [0.1, 0.15) is 11.5 Å². The molecule has 5 nitrogen and oxygen atoms in total. The maximum Gasteiger partial charge on any atom is 0.331 e. The normalized spacial score (nSPS) is 10.6. The molecule has 0 unspecified atom stereocenters. The molecule has 0 amide bonds. The Morgan fingerprint density at radius 1 is 1.22 bits per heavy atom. The molecule has 0 aliphatic heterocycles. The highest BCUT2D eigenvalue weighted by molar-refractivity contribution is 5.31. The van der Waals surface area contributed by atoms with E-state index in [0.29, 0.717) is 5.56 Å². The van der Waals surface area contributed by atoms with Crippen molar-refractivity contribution in [1.29, 1.82) is 0 Å². The summed E-state index contributed by atoms with van der Waals surface area (Å²) in [7, 11) is 1.51. The molecule has 0 atom stereocenters. The number of rotatable bonds is 2. The molecule has 6 heteroatoms. The van der Waals surface area contributed by atoms with Gasteiger partial charge in [-0.2, -0.15) is 0 Å². The second kappa shape index (κ2) is 4.48. The van der Waals surface area contributed by atoms with Crippen molar-refractivity contribution < 1.29 is 4.39 Å². The average Bonchev–Trinajstić information content (AvgIpc) is 2.34. The van der Waals surface area contributed by atoms with Crippen LogP contribution in [-0.4, -0.2) is 9.13 Å². The van der Waals surface area contributed by atoms with Crippen LogP contribution in [-0.2, 0) is 13.6 Å². The topological polar surface area (TPSA) is 70.0 Å². The molecular weight excluding hydrogens is 237 g/mol. The van der Waals surface area contributed by atoms with Crippen LogP contribution in [0, 0.1) is 5.82 Å². The van der Waals surface area contributed by atoms with Crippen molar-refractivity contribution in [3.8, 4) is 0 Å². The minimum atomic E-state index is -0.539. The van der Waals surface area contributed by atoms with E-state index in [0.717, 1.165) is 4.57 Å². The van der Waals surface area contributed by atoms with Crippen LogP contribution < -0.4 is 17.0 Å². The maximum atomic E-state index is 12.8. The van der Waals surface area contributed by atoms with Gasteiger partial charge >= 0.3 is 5.69 Å². The van der Waals surface area contributed by atoms with Crippen LogP contribution in [0.4, 0.5) is 10.1 Å². The van der Waals surface area contributed by atoms with Crippen LogP contribution in [0.3, 0.4) is 0 Å². The van der Waals surface area contributed by atoms with Gasteiger partial charge in [-0.3, -0.25) is 9.36 Å². The maximum absolute atomic E-state index is 12.8. The van der Waals surface area contributed by atoms with Crippen molar-refractivity contribution in [1.82, 2.24) is 9.13 Å². The predicted octanol–water partition coefficient (Wildman–Crippen LogP) is 0.317. The third kappa shape index (κ3) is 2.17. The Labute approximate surface area is 102 Å². The van der Waals surface area contributed by atoms with Crippen LogP contribution in [0.1, 0.15) is 5.56 Å². The lowest BCUT2D eigenvalue weighted by atomic mass is 10.2. The Hall–Kier alpha value is -2.37. The lowest BCUT2D eigenvalue weighted by molar-refractivity contribution is 0.621. The highest BCUT2D eigenvalue weighted by atomic mass is 19.1. The molecule has 0 aliphatic rings. The van der Waals surface area contributed by atoms with E-state index in [-0.39, 0.29) is 18.0 Å². The molecule has 0 bridgehead atoms. The summed E-state index contributed by atoms with van der Waals surface area (Å²) >= 11 is 0. The summed E-state index contributed by atoms with van der Waals surface area (Å²) in [5.41, 5.74) is 5.17. The third-order valence-corrected chi connectivity index (χ3v) is 2.61. The van der Waals surface area contributed by atoms with Crippen LogP contribution in [0.25, 0.3) is 0 Å². The van der Waals surface area contributed by atoms with E-state index in [4.69, 9.17) is 5.73 Å². The number of hydrogen-bond acceptors (Lipinski definition) is 3. The largest absolute Gasteiger partial charge is 0.393 e. The summed E-state index contributed by atoms with van der Waals surface area (Å²) in [5, 5.41) is 0. The number of benzene rings is 1. The van der Waals surface area contributed by atoms with Gasteiger partial charge in [-0.15, -0.1) is 0 Å². The Balaban J connectivity index is 2.50. The predicted molar refractivity (Wildman–Crippen MR) is 65.9 cm³/mol. The van der Waals surface area contributed by atoms with Gasteiger partial charge in [0, 0.05) is 13.2 Å². The number of nitrogens with zero attached hydrogens (tertiary/aromatic N) is 2.